The summed E-state index contributed by atoms with van der Waals surface area (Å²) in [6, 6.07) is 6.55. The first-order valence-electron chi connectivity index (χ1n) is 5.56. The van der Waals surface area contributed by atoms with E-state index in [-0.39, 0.29) is 5.02 Å². The van der Waals surface area contributed by atoms with Crippen molar-refractivity contribution in [3.8, 4) is 0 Å². The molecule has 0 bridgehead atoms. The molecule has 0 aliphatic heterocycles. The molecule has 0 fully saturated rings. The lowest BCUT2D eigenvalue weighted by Gasteiger charge is -2.15. The van der Waals surface area contributed by atoms with Gasteiger partial charge in [-0.25, -0.2) is 8.78 Å². The van der Waals surface area contributed by atoms with Crippen LogP contribution in [0.25, 0.3) is 0 Å². The van der Waals surface area contributed by atoms with Gasteiger partial charge in [-0.05, 0) is 41.8 Å². The molecule has 2 aromatic carbocycles. The maximum atomic E-state index is 13.3. The molecule has 0 aliphatic rings. The Morgan fingerprint density at radius 3 is 2.26 bits per heavy atom. The lowest BCUT2D eigenvalue weighted by molar-refractivity contribution is 0.506. The molecule has 2 rings (SSSR count). The van der Waals surface area contributed by atoms with Gasteiger partial charge in [-0.1, -0.05) is 35.3 Å². The number of hydrogen-bond acceptors (Lipinski definition) is 1. The maximum Gasteiger partial charge on any atom is 0.160 e. The third-order valence-corrected chi connectivity index (χ3v) is 3.66. The second-order valence-electron chi connectivity index (χ2n) is 4.27. The predicted molar refractivity (Wildman–Crippen MR) is 73.6 cm³/mol. The number of halogens is 4. The van der Waals surface area contributed by atoms with E-state index in [1.54, 1.807) is 12.1 Å². The van der Waals surface area contributed by atoms with Gasteiger partial charge in [0.2, 0.25) is 0 Å². The highest BCUT2D eigenvalue weighted by Crippen LogP contribution is 2.30. The van der Waals surface area contributed by atoms with E-state index in [1.807, 2.05) is 13.0 Å². The van der Waals surface area contributed by atoms with Gasteiger partial charge in [0.25, 0.3) is 0 Å². The number of rotatable bonds is 2. The smallest absolute Gasteiger partial charge is 0.160 e. The summed E-state index contributed by atoms with van der Waals surface area (Å²) in [6.45, 7) is 1.86. The average molecular weight is 302 g/mol. The molecule has 2 N–H and O–H groups in total. The monoisotopic (exact) mass is 301 g/mol. The van der Waals surface area contributed by atoms with Gasteiger partial charge in [-0.15, -0.1) is 0 Å². The number of hydrogen-bond donors (Lipinski definition) is 1. The molecule has 0 amide bonds. The van der Waals surface area contributed by atoms with E-state index in [1.165, 1.54) is 0 Å². The van der Waals surface area contributed by atoms with Gasteiger partial charge in [0.15, 0.2) is 11.6 Å². The van der Waals surface area contributed by atoms with Crippen LogP contribution in [0.3, 0.4) is 0 Å². The first kappa shape index (κ1) is 14.3. The van der Waals surface area contributed by atoms with Crippen LogP contribution < -0.4 is 5.73 Å². The van der Waals surface area contributed by atoms with E-state index >= 15 is 0 Å². The van der Waals surface area contributed by atoms with Crippen molar-refractivity contribution in [1.29, 1.82) is 0 Å². The lowest BCUT2D eigenvalue weighted by Crippen LogP contribution is -2.13. The molecule has 0 spiro atoms. The van der Waals surface area contributed by atoms with E-state index < -0.39 is 17.7 Å². The van der Waals surface area contributed by atoms with Crippen molar-refractivity contribution >= 4 is 23.2 Å². The standard InChI is InChI=1S/C14H11Cl2F2N/c1-7-2-3-8(4-10(7)15)14(19)9-5-12(17)13(18)6-11(9)16/h2-6,14H,19H2,1H3. The third-order valence-electron chi connectivity index (χ3n) is 2.93. The second kappa shape index (κ2) is 5.45. The Morgan fingerprint density at radius 1 is 1.00 bits per heavy atom. The summed E-state index contributed by atoms with van der Waals surface area (Å²) in [4.78, 5) is 0. The first-order chi connectivity index (χ1) is 8.90. The summed E-state index contributed by atoms with van der Waals surface area (Å²) in [5, 5.41) is 0.648. The SMILES string of the molecule is Cc1ccc(C(N)c2cc(F)c(F)cc2Cl)cc1Cl. The highest BCUT2D eigenvalue weighted by atomic mass is 35.5. The molecule has 5 heteroatoms. The van der Waals surface area contributed by atoms with Gasteiger partial charge >= 0.3 is 0 Å². The molecule has 0 radical (unpaired) electrons. The summed E-state index contributed by atoms with van der Waals surface area (Å²) in [5.41, 5.74) is 7.94. The molecule has 0 saturated heterocycles. The largest absolute Gasteiger partial charge is 0.320 e. The number of benzene rings is 2. The van der Waals surface area contributed by atoms with Gasteiger partial charge in [-0.2, -0.15) is 0 Å². The minimum absolute atomic E-state index is 0.0862. The van der Waals surface area contributed by atoms with Crippen molar-refractivity contribution in [3.63, 3.8) is 0 Å². The van der Waals surface area contributed by atoms with Crippen LogP contribution in [0.1, 0.15) is 22.7 Å². The van der Waals surface area contributed by atoms with Crippen LogP contribution in [0.15, 0.2) is 30.3 Å². The van der Waals surface area contributed by atoms with Crippen LogP contribution >= 0.6 is 23.2 Å². The lowest BCUT2D eigenvalue weighted by atomic mass is 9.98. The molecule has 0 aromatic heterocycles. The van der Waals surface area contributed by atoms with E-state index in [9.17, 15) is 8.78 Å². The molecule has 19 heavy (non-hydrogen) atoms. The van der Waals surface area contributed by atoms with Crippen LogP contribution in [0.2, 0.25) is 10.0 Å². The van der Waals surface area contributed by atoms with Crippen LogP contribution in [-0.4, -0.2) is 0 Å². The minimum atomic E-state index is -0.997. The van der Waals surface area contributed by atoms with Crippen molar-refractivity contribution in [3.05, 3.63) is 68.7 Å². The van der Waals surface area contributed by atoms with Gasteiger partial charge in [0.05, 0.1) is 6.04 Å². The van der Waals surface area contributed by atoms with E-state index in [2.05, 4.69) is 0 Å². The highest BCUT2D eigenvalue weighted by molar-refractivity contribution is 6.31. The summed E-state index contributed by atoms with van der Waals surface area (Å²) in [5.74, 6) is -1.98. The maximum absolute atomic E-state index is 13.3. The molecule has 1 atom stereocenters. The van der Waals surface area contributed by atoms with Gasteiger partial charge in [0, 0.05) is 10.0 Å². The summed E-state index contributed by atoms with van der Waals surface area (Å²) >= 11 is 11.9. The van der Waals surface area contributed by atoms with Gasteiger partial charge in [0.1, 0.15) is 0 Å². The Morgan fingerprint density at radius 2 is 1.63 bits per heavy atom. The molecular formula is C14H11Cl2F2N. The fraction of sp³-hybridized carbons (Fsp3) is 0.143. The fourth-order valence-corrected chi connectivity index (χ4v) is 2.22. The van der Waals surface area contributed by atoms with Crippen molar-refractivity contribution in [2.75, 3.05) is 0 Å². The van der Waals surface area contributed by atoms with Crippen LogP contribution in [0.5, 0.6) is 0 Å². The molecule has 0 saturated carbocycles. The quantitative estimate of drug-likeness (QED) is 0.804. The van der Waals surface area contributed by atoms with Crippen LogP contribution in [0, 0.1) is 18.6 Å². The molecular weight excluding hydrogens is 291 g/mol. The normalized spacial score (nSPS) is 12.5. The second-order valence-corrected chi connectivity index (χ2v) is 5.09. The zero-order chi connectivity index (χ0) is 14.2. The van der Waals surface area contributed by atoms with Crippen molar-refractivity contribution in [2.45, 2.75) is 13.0 Å². The highest BCUT2D eigenvalue weighted by Gasteiger charge is 2.16. The molecule has 2 aromatic rings. The molecule has 0 heterocycles. The Balaban J connectivity index is 2.46. The number of nitrogens with two attached hydrogens (primary N) is 1. The predicted octanol–water partition coefficient (Wildman–Crippen LogP) is 4.63. The Bertz CT molecular complexity index is 629. The van der Waals surface area contributed by atoms with E-state index in [4.69, 9.17) is 28.9 Å². The van der Waals surface area contributed by atoms with Crippen LogP contribution in [0.4, 0.5) is 8.78 Å². The number of aryl methyl sites for hydroxylation is 1. The zero-order valence-electron chi connectivity index (χ0n) is 10.1. The van der Waals surface area contributed by atoms with Crippen molar-refractivity contribution in [1.82, 2.24) is 0 Å². The zero-order valence-corrected chi connectivity index (χ0v) is 11.6. The van der Waals surface area contributed by atoms with Crippen molar-refractivity contribution < 1.29 is 8.78 Å². The minimum Gasteiger partial charge on any atom is -0.320 e. The average Bonchev–Trinajstić information content (AvgIpc) is 2.36. The fourth-order valence-electron chi connectivity index (χ4n) is 1.76. The summed E-state index contributed by atoms with van der Waals surface area (Å²) < 4.78 is 26.3. The molecule has 100 valence electrons. The molecule has 0 aliphatic carbocycles. The van der Waals surface area contributed by atoms with Gasteiger partial charge in [-0.3, -0.25) is 0 Å². The topological polar surface area (TPSA) is 26.0 Å². The Labute approximate surface area is 119 Å². The van der Waals surface area contributed by atoms with Crippen LogP contribution in [-0.2, 0) is 0 Å². The van der Waals surface area contributed by atoms with Crippen molar-refractivity contribution in [2.24, 2.45) is 5.73 Å². The summed E-state index contributed by atoms with van der Waals surface area (Å²) in [6.07, 6.45) is 0. The van der Waals surface area contributed by atoms with E-state index in [0.29, 0.717) is 16.1 Å². The first-order valence-corrected chi connectivity index (χ1v) is 6.32. The molecule has 1 unspecified atom stereocenters. The Kier molecular flexibility index (Phi) is 4.09. The Hall–Kier alpha value is -1.16. The van der Waals surface area contributed by atoms with Gasteiger partial charge < -0.3 is 5.73 Å². The van der Waals surface area contributed by atoms with E-state index in [0.717, 1.165) is 17.7 Å². The molecule has 1 nitrogen and oxygen atoms in total. The third kappa shape index (κ3) is 2.89. The summed E-state index contributed by atoms with van der Waals surface area (Å²) in [7, 11) is 0.